The smallest absolute Gasteiger partial charge is 0.410 e. The van der Waals surface area contributed by atoms with Gasteiger partial charge in [-0.15, -0.1) is 0 Å². The van der Waals surface area contributed by atoms with E-state index >= 15 is 0 Å². The number of quaternary nitrogens is 1. The van der Waals surface area contributed by atoms with Crippen LogP contribution in [-0.4, -0.2) is 45.3 Å². The lowest BCUT2D eigenvalue weighted by Gasteiger charge is -2.23. The van der Waals surface area contributed by atoms with Crippen LogP contribution in [0.4, 0.5) is 4.79 Å². The number of amides is 1. The largest absolute Gasteiger partial charge is 0.412 e. The van der Waals surface area contributed by atoms with Gasteiger partial charge in [-0.2, -0.15) is 0 Å². The number of rotatable bonds is 4. The molecular weight excluding hydrogens is 216 g/mol. The molecule has 1 aromatic carbocycles. The Morgan fingerprint density at radius 3 is 2.65 bits per heavy atom. The summed E-state index contributed by atoms with van der Waals surface area (Å²) < 4.78 is 6.00. The molecule has 0 spiro atoms. The SMILES string of the molecule is CNC(=O)Oc1cccc(CC[N+](C)(C)C)c1. The van der Waals surface area contributed by atoms with E-state index < -0.39 is 6.09 Å². The number of nitrogens with zero attached hydrogens (tertiary/aromatic N) is 1. The maximum atomic E-state index is 11.1. The minimum atomic E-state index is -0.436. The highest BCUT2D eigenvalue weighted by Gasteiger charge is 2.08. The van der Waals surface area contributed by atoms with Crippen LogP contribution in [0.5, 0.6) is 5.75 Å². The third-order valence-electron chi connectivity index (χ3n) is 2.38. The fourth-order valence-electron chi connectivity index (χ4n) is 1.39. The first-order valence-electron chi connectivity index (χ1n) is 5.70. The van der Waals surface area contributed by atoms with Gasteiger partial charge in [-0.1, -0.05) is 12.1 Å². The molecule has 0 saturated carbocycles. The zero-order valence-corrected chi connectivity index (χ0v) is 11.0. The second-order valence-electron chi connectivity index (χ2n) is 5.05. The molecule has 0 aliphatic rings. The van der Waals surface area contributed by atoms with Gasteiger partial charge in [-0.25, -0.2) is 4.79 Å². The lowest BCUT2D eigenvalue weighted by atomic mass is 10.1. The van der Waals surface area contributed by atoms with Gasteiger partial charge >= 0.3 is 6.09 Å². The van der Waals surface area contributed by atoms with Gasteiger partial charge in [0.1, 0.15) is 5.75 Å². The predicted octanol–water partition coefficient (Wildman–Crippen LogP) is 1.65. The van der Waals surface area contributed by atoms with Crippen molar-refractivity contribution in [2.45, 2.75) is 6.42 Å². The Balaban J connectivity index is 2.63. The molecule has 4 nitrogen and oxygen atoms in total. The summed E-state index contributed by atoms with van der Waals surface area (Å²) in [4.78, 5) is 11.1. The second kappa shape index (κ2) is 5.68. The predicted molar refractivity (Wildman–Crippen MR) is 68.1 cm³/mol. The molecular formula is C13H21N2O2+. The number of carbonyl (C=O) groups excluding carboxylic acids is 1. The summed E-state index contributed by atoms with van der Waals surface area (Å²) in [5.74, 6) is 0.586. The molecule has 17 heavy (non-hydrogen) atoms. The molecule has 1 amide bonds. The molecule has 0 unspecified atom stereocenters. The van der Waals surface area contributed by atoms with Crippen LogP contribution in [0.1, 0.15) is 5.56 Å². The molecule has 4 heteroatoms. The Morgan fingerprint density at radius 1 is 1.35 bits per heavy atom. The van der Waals surface area contributed by atoms with Crippen LogP contribution in [0.3, 0.4) is 0 Å². The average molecular weight is 237 g/mol. The van der Waals surface area contributed by atoms with Gasteiger partial charge in [0.05, 0.1) is 27.7 Å². The van der Waals surface area contributed by atoms with E-state index in [1.165, 1.54) is 5.56 Å². The van der Waals surface area contributed by atoms with Gasteiger partial charge in [0.25, 0.3) is 0 Å². The first-order valence-corrected chi connectivity index (χ1v) is 5.70. The lowest BCUT2D eigenvalue weighted by Crippen LogP contribution is -2.36. The van der Waals surface area contributed by atoms with Crippen molar-refractivity contribution >= 4 is 6.09 Å². The lowest BCUT2D eigenvalue weighted by molar-refractivity contribution is -0.870. The van der Waals surface area contributed by atoms with E-state index in [1.54, 1.807) is 13.1 Å². The number of carbonyl (C=O) groups is 1. The molecule has 1 N–H and O–H groups in total. The van der Waals surface area contributed by atoms with Crippen molar-refractivity contribution in [2.75, 3.05) is 34.7 Å². The second-order valence-corrected chi connectivity index (χ2v) is 5.05. The van der Waals surface area contributed by atoms with Gasteiger partial charge in [-0.05, 0) is 17.7 Å². The monoisotopic (exact) mass is 237 g/mol. The summed E-state index contributed by atoms with van der Waals surface area (Å²) in [6, 6.07) is 7.64. The third kappa shape index (κ3) is 5.36. The van der Waals surface area contributed by atoms with Crippen LogP contribution in [-0.2, 0) is 6.42 Å². The van der Waals surface area contributed by atoms with Crippen molar-refractivity contribution in [1.29, 1.82) is 0 Å². The van der Waals surface area contributed by atoms with Gasteiger partial charge in [0, 0.05) is 13.5 Å². The Bertz CT molecular complexity index is 383. The van der Waals surface area contributed by atoms with Crippen LogP contribution < -0.4 is 10.1 Å². The molecule has 0 radical (unpaired) electrons. The van der Waals surface area contributed by atoms with Crippen molar-refractivity contribution < 1.29 is 14.0 Å². The van der Waals surface area contributed by atoms with E-state index in [0.29, 0.717) is 5.75 Å². The topological polar surface area (TPSA) is 38.3 Å². The van der Waals surface area contributed by atoms with Gasteiger partial charge in [-0.3, -0.25) is 0 Å². The number of benzene rings is 1. The molecule has 0 aliphatic heterocycles. The summed E-state index contributed by atoms with van der Waals surface area (Å²) in [7, 11) is 8.02. The van der Waals surface area contributed by atoms with Crippen molar-refractivity contribution in [3.63, 3.8) is 0 Å². The first-order chi connectivity index (χ1) is 7.90. The molecule has 0 fully saturated rings. The number of hydrogen-bond donors (Lipinski definition) is 1. The maximum Gasteiger partial charge on any atom is 0.412 e. The van der Waals surface area contributed by atoms with E-state index in [0.717, 1.165) is 17.4 Å². The van der Waals surface area contributed by atoms with Crippen LogP contribution in [0.25, 0.3) is 0 Å². The zero-order valence-electron chi connectivity index (χ0n) is 11.0. The molecule has 0 atom stereocenters. The van der Waals surface area contributed by atoms with Gasteiger partial charge < -0.3 is 14.5 Å². The fraction of sp³-hybridized carbons (Fsp3) is 0.462. The van der Waals surface area contributed by atoms with E-state index in [4.69, 9.17) is 4.74 Å². The fourth-order valence-corrected chi connectivity index (χ4v) is 1.39. The Hall–Kier alpha value is -1.55. The quantitative estimate of drug-likeness (QED) is 0.809. The molecule has 1 aromatic rings. The number of nitrogens with one attached hydrogen (secondary N) is 1. The molecule has 0 saturated heterocycles. The van der Waals surface area contributed by atoms with E-state index in [-0.39, 0.29) is 0 Å². The number of likely N-dealkylation sites (N-methyl/N-ethyl adjacent to an activating group) is 1. The van der Waals surface area contributed by atoms with Crippen molar-refractivity contribution in [2.24, 2.45) is 0 Å². The minimum Gasteiger partial charge on any atom is -0.410 e. The molecule has 0 heterocycles. The maximum absolute atomic E-state index is 11.1. The number of ether oxygens (including phenoxy) is 1. The normalized spacial score (nSPS) is 11.1. The van der Waals surface area contributed by atoms with Crippen molar-refractivity contribution in [1.82, 2.24) is 5.32 Å². The summed E-state index contributed by atoms with van der Waals surface area (Å²) in [6.45, 7) is 1.05. The van der Waals surface area contributed by atoms with E-state index in [1.807, 2.05) is 18.2 Å². The Morgan fingerprint density at radius 2 is 2.06 bits per heavy atom. The highest BCUT2D eigenvalue weighted by atomic mass is 16.5. The molecule has 1 rings (SSSR count). The summed E-state index contributed by atoms with van der Waals surface area (Å²) >= 11 is 0. The minimum absolute atomic E-state index is 0.436. The summed E-state index contributed by atoms with van der Waals surface area (Å²) in [5.41, 5.74) is 1.18. The molecule has 94 valence electrons. The zero-order chi connectivity index (χ0) is 12.9. The standard InChI is InChI=1S/C13H20N2O2/c1-14-13(16)17-12-7-5-6-11(10-12)8-9-15(2,3)4/h5-7,10H,8-9H2,1-4H3/p+1. The van der Waals surface area contributed by atoms with Gasteiger partial charge in [0.2, 0.25) is 0 Å². The molecule has 0 bridgehead atoms. The first kappa shape index (κ1) is 13.5. The van der Waals surface area contributed by atoms with Gasteiger partial charge in [0.15, 0.2) is 0 Å². The van der Waals surface area contributed by atoms with Crippen molar-refractivity contribution in [3.8, 4) is 5.75 Å². The van der Waals surface area contributed by atoms with E-state index in [2.05, 4.69) is 26.5 Å². The van der Waals surface area contributed by atoms with Crippen LogP contribution in [0, 0.1) is 0 Å². The van der Waals surface area contributed by atoms with Crippen LogP contribution in [0.2, 0.25) is 0 Å². The summed E-state index contributed by atoms with van der Waals surface area (Å²) in [6.07, 6.45) is 0.530. The third-order valence-corrected chi connectivity index (χ3v) is 2.38. The van der Waals surface area contributed by atoms with Crippen molar-refractivity contribution in [3.05, 3.63) is 29.8 Å². The summed E-state index contributed by atoms with van der Waals surface area (Å²) in [5, 5.41) is 2.42. The highest BCUT2D eigenvalue weighted by Crippen LogP contribution is 2.14. The number of hydrogen-bond acceptors (Lipinski definition) is 2. The highest BCUT2D eigenvalue weighted by molar-refractivity contribution is 5.69. The molecule has 0 aliphatic carbocycles. The Labute approximate surface area is 103 Å². The molecule has 0 aromatic heterocycles. The van der Waals surface area contributed by atoms with Crippen LogP contribution in [0.15, 0.2) is 24.3 Å². The van der Waals surface area contributed by atoms with E-state index in [9.17, 15) is 4.79 Å². The van der Waals surface area contributed by atoms with Crippen LogP contribution >= 0.6 is 0 Å². The Kier molecular flexibility index (Phi) is 4.52. The average Bonchev–Trinajstić information content (AvgIpc) is 2.26.